The van der Waals surface area contributed by atoms with E-state index in [1.807, 2.05) is 23.9 Å². The Morgan fingerprint density at radius 3 is 2.39 bits per heavy atom. The van der Waals surface area contributed by atoms with E-state index in [1.165, 1.54) is 12.4 Å². The first-order valence-electron chi connectivity index (χ1n) is 8.17. The standard InChI is InChI=1S/C16H24FN5O/c1-20(2)9-10-21-6-3-16(14(21)23)4-7-22(8-5-16)15-18-11-13(17)12-19-15/h11-12H,3-10H2,1-2H3. The minimum atomic E-state index is -0.426. The number of piperidine rings is 1. The molecule has 0 unspecified atom stereocenters. The second-order valence-electron chi connectivity index (χ2n) is 6.81. The molecule has 0 N–H and O–H groups in total. The van der Waals surface area contributed by atoms with E-state index in [-0.39, 0.29) is 5.41 Å². The highest BCUT2D eigenvalue weighted by molar-refractivity contribution is 5.85. The summed E-state index contributed by atoms with van der Waals surface area (Å²) in [6, 6.07) is 0. The van der Waals surface area contributed by atoms with Gasteiger partial charge < -0.3 is 14.7 Å². The highest BCUT2D eigenvalue weighted by Crippen LogP contribution is 2.41. The number of likely N-dealkylation sites (N-methyl/N-ethyl adjacent to an activating group) is 1. The Kier molecular flexibility index (Phi) is 4.48. The summed E-state index contributed by atoms with van der Waals surface area (Å²) < 4.78 is 12.9. The SMILES string of the molecule is CN(C)CCN1CCC2(CCN(c3ncc(F)cn3)CC2)C1=O. The number of carbonyl (C=O) groups is 1. The molecular weight excluding hydrogens is 297 g/mol. The van der Waals surface area contributed by atoms with Gasteiger partial charge in [-0.1, -0.05) is 0 Å². The van der Waals surface area contributed by atoms with Crippen LogP contribution in [0.4, 0.5) is 10.3 Å². The van der Waals surface area contributed by atoms with Crippen molar-refractivity contribution in [1.82, 2.24) is 19.8 Å². The van der Waals surface area contributed by atoms with E-state index in [0.717, 1.165) is 52.0 Å². The first-order valence-corrected chi connectivity index (χ1v) is 8.17. The third-order valence-electron chi connectivity index (χ3n) is 5.03. The molecule has 3 heterocycles. The molecule has 6 nitrogen and oxygen atoms in total. The average Bonchev–Trinajstić information content (AvgIpc) is 2.84. The van der Waals surface area contributed by atoms with E-state index in [1.54, 1.807) is 0 Å². The third-order valence-corrected chi connectivity index (χ3v) is 5.03. The summed E-state index contributed by atoms with van der Waals surface area (Å²) in [6.07, 6.45) is 4.97. The van der Waals surface area contributed by atoms with Crippen molar-refractivity contribution in [2.24, 2.45) is 5.41 Å². The Bertz CT molecular complexity index is 554. The van der Waals surface area contributed by atoms with Gasteiger partial charge in [-0.3, -0.25) is 4.79 Å². The Balaban J connectivity index is 1.60. The predicted octanol–water partition coefficient (Wildman–Crippen LogP) is 0.996. The molecule has 1 amide bonds. The van der Waals surface area contributed by atoms with E-state index in [9.17, 15) is 9.18 Å². The van der Waals surface area contributed by atoms with Gasteiger partial charge in [0.05, 0.1) is 17.8 Å². The van der Waals surface area contributed by atoms with Crippen molar-refractivity contribution in [3.8, 4) is 0 Å². The molecule has 126 valence electrons. The lowest BCUT2D eigenvalue weighted by molar-refractivity contribution is -0.137. The Hall–Kier alpha value is -1.76. The Morgan fingerprint density at radius 2 is 1.78 bits per heavy atom. The zero-order chi connectivity index (χ0) is 16.4. The van der Waals surface area contributed by atoms with Crippen LogP contribution < -0.4 is 4.90 Å². The molecule has 7 heteroatoms. The summed E-state index contributed by atoms with van der Waals surface area (Å²) in [6.45, 7) is 4.06. The van der Waals surface area contributed by atoms with Crippen molar-refractivity contribution in [2.75, 3.05) is 51.7 Å². The second kappa shape index (κ2) is 6.39. The lowest BCUT2D eigenvalue weighted by atomic mass is 9.77. The van der Waals surface area contributed by atoms with Gasteiger partial charge in [0.15, 0.2) is 5.82 Å². The smallest absolute Gasteiger partial charge is 0.229 e. The highest BCUT2D eigenvalue weighted by Gasteiger charge is 2.48. The molecule has 0 aromatic carbocycles. The van der Waals surface area contributed by atoms with Gasteiger partial charge in [-0.2, -0.15) is 0 Å². The zero-order valence-electron chi connectivity index (χ0n) is 13.8. The number of hydrogen-bond acceptors (Lipinski definition) is 5. The van der Waals surface area contributed by atoms with Crippen LogP contribution in [0.2, 0.25) is 0 Å². The van der Waals surface area contributed by atoms with Crippen molar-refractivity contribution in [1.29, 1.82) is 0 Å². The van der Waals surface area contributed by atoms with Crippen molar-refractivity contribution in [3.63, 3.8) is 0 Å². The molecule has 2 saturated heterocycles. The number of amides is 1. The normalized spacial score (nSPS) is 20.8. The van der Waals surface area contributed by atoms with Gasteiger partial charge in [0, 0.05) is 32.7 Å². The molecule has 0 saturated carbocycles. The number of halogens is 1. The van der Waals surface area contributed by atoms with E-state index in [2.05, 4.69) is 14.9 Å². The summed E-state index contributed by atoms with van der Waals surface area (Å²) in [4.78, 5) is 27.0. The molecule has 0 atom stereocenters. The molecular formula is C16H24FN5O. The number of aromatic nitrogens is 2. The molecule has 2 aliphatic rings. The fraction of sp³-hybridized carbons (Fsp3) is 0.688. The molecule has 1 spiro atoms. The number of nitrogens with zero attached hydrogens (tertiary/aromatic N) is 5. The fourth-order valence-corrected chi connectivity index (χ4v) is 3.49. The maximum Gasteiger partial charge on any atom is 0.229 e. The van der Waals surface area contributed by atoms with E-state index < -0.39 is 5.82 Å². The molecule has 0 radical (unpaired) electrons. The number of carbonyl (C=O) groups excluding carboxylic acids is 1. The monoisotopic (exact) mass is 321 g/mol. The predicted molar refractivity (Wildman–Crippen MR) is 85.6 cm³/mol. The number of hydrogen-bond donors (Lipinski definition) is 0. The van der Waals surface area contributed by atoms with Gasteiger partial charge in [0.25, 0.3) is 0 Å². The summed E-state index contributed by atoms with van der Waals surface area (Å²) in [7, 11) is 4.05. The van der Waals surface area contributed by atoms with Crippen molar-refractivity contribution >= 4 is 11.9 Å². The molecule has 1 aromatic rings. The molecule has 23 heavy (non-hydrogen) atoms. The van der Waals surface area contributed by atoms with Crippen LogP contribution in [0.25, 0.3) is 0 Å². The first-order chi connectivity index (χ1) is 11.0. The molecule has 2 fully saturated rings. The number of anilines is 1. The topological polar surface area (TPSA) is 52.6 Å². The van der Waals surface area contributed by atoms with Crippen molar-refractivity contribution in [3.05, 3.63) is 18.2 Å². The largest absolute Gasteiger partial charge is 0.341 e. The van der Waals surface area contributed by atoms with Crippen LogP contribution in [0, 0.1) is 11.2 Å². The summed E-state index contributed by atoms with van der Waals surface area (Å²) in [5, 5.41) is 0. The van der Waals surface area contributed by atoms with E-state index in [0.29, 0.717) is 11.9 Å². The van der Waals surface area contributed by atoms with Gasteiger partial charge in [-0.15, -0.1) is 0 Å². The van der Waals surface area contributed by atoms with Crippen LogP contribution in [-0.4, -0.2) is 72.5 Å². The van der Waals surface area contributed by atoms with Gasteiger partial charge >= 0.3 is 0 Å². The Morgan fingerprint density at radius 1 is 1.17 bits per heavy atom. The lowest BCUT2D eigenvalue weighted by Crippen LogP contribution is -2.46. The summed E-state index contributed by atoms with van der Waals surface area (Å²) in [5.74, 6) is 0.430. The Labute approximate surface area is 136 Å². The van der Waals surface area contributed by atoms with E-state index in [4.69, 9.17) is 0 Å². The summed E-state index contributed by atoms with van der Waals surface area (Å²) in [5.41, 5.74) is -0.206. The fourth-order valence-electron chi connectivity index (χ4n) is 3.49. The molecule has 0 bridgehead atoms. The third kappa shape index (κ3) is 3.29. The molecule has 2 aliphatic heterocycles. The van der Waals surface area contributed by atoms with Crippen molar-refractivity contribution in [2.45, 2.75) is 19.3 Å². The average molecular weight is 321 g/mol. The maximum absolute atomic E-state index is 12.9. The second-order valence-corrected chi connectivity index (χ2v) is 6.81. The molecule has 0 aliphatic carbocycles. The maximum atomic E-state index is 12.9. The van der Waals surface area contributed by atoms with Crippen LogP contribution in [0.3, 0.4) is 0 Å². The minimum Gasteiger partial charge on any atom is -0.341 e. The zero-order valence-corrected chi connectivity index (χ0v) is 13.8. The van der Waals surface area contributed by atoms with Gasteiger partial charge in [0.1, 0.15) is 0 Å². The van der Waals surface area contributed by atoms with E-state index >= 15 is 0 Å². The number of likely N-dealkylation sites (tertiary alicyclic amines) is 1. The van der Waals surface area contributed by atoms with Crippen LogP contribution in [0.1, 0.15) is 19.3 Å². The molecule has 3 rings (SSSR count). The van der Waals surface area contributed by atoms with Crippen molar-refractivity contribution < 1.29 is 9.18 Å². The minimum absolute atomic E-state index is 0.206. The van der Waals surface area contributed by atoms with Gasteiger partial charge in [-0.05, 0) is 33.4 Å². The van der Waals surface area contributed by atoms with Gasteiger partial charge in [0.2, 0.25) is 11.9 Å². The molecule has 1 aromatic heterocycles. The van der Waals surface area contributed by atoms with Crippen LogP contribution in [0.15, 0.2) is 12.4 Å². The van der Waals surface area contributed by atoms with Crippen LogP contribution in [-0.2, 0) is 4.79 Å². The lowest BCUT2D eigenvalue weighted by Gasteiger charge is -2.38. The highest BCUT2D eigenvalue weighted by atomic mass is 19.1. The first kappa shape index (κ1) is 16.1. The van der Waals surface area contributed by atoms with Gasteiger partial charge in [-0.25, -0.2) is 14.4 Å². The quantitative estimate of drug-likeness (QED) is 0.828. The van der Waals surface area contributed by atoms with Crippen LogP contribution >= 0.6 is 0 Å². The van der Waals surface area contributed by atoms with Crippen LogP contribution in [0.5, 0.6) is 0 Å². The number of rotatable bonds is 4. The summed E-state index contributed by atoms with van der Waals surface area (Å²) >= 11 is 0.